The largest absolute Gasteiger partial charge is 0.0599 e. The second kappa shape index (κ2) is 5.48. The van der Waals surface area contributed by atoms with E-state index in [1.807, 2.05) is 5.92 Å². The fourth-order valence-electron chi connectivity index (χ4n) is 4.21. The lowest BCUT2D eigenvalue weighted by Gasteiger charge is -2.38. The summed E-state index contributed by atoms with van der Waals surface area (Å²) in [4.78, 5) is 0. The number of fused-ring (bicyclic) bond motifs is 1. The molecule has 1 aromatic rings. The predicted molar refractivity (Wildman–Crippen MR) is 89.9 cm³/mol. The van der Waals surface area contributed by atoms with Gasteiger partial charge in [-0.3, -0.25) is 0 Å². The first-order chi connectivity index (χ1) is 9.45. The van der Waals surface area contributed by atoms with E-state index < -0.39 is 0 Å². The Labute approximate surface area is 132 Å². The van der Waals surface area contributed by atoms with Crippen LogP contribution in [0.25, 0.3) is 0 Å². The molecule has 0 bridgehead atoms. The number of hydrogen-bond donors (Lipinski definition) is 0. The average Bonchev–Trinajstić information content (AvgIpc) is 2.80. The van der Waals surface area contributed by atoms with E-state index in [9.17, 15) is 0 Å². The summed E-state index contributed by atoms with van der Waals surface area (Å²) in [5, 5.41) is 0. The molecule has 2 aliphatic rings. The molecule has 2 aliphatic carbocycles. The first kappa shape index (κ1) is 14.6. The second-order valence-corrected chi connectivity index (χ2v) is 8.65. The predicted octanol–water partition coefficient (Wildman–Crippen LogP) is 6.29. The van der Waals surface area contributed by atoms with Crippen LogP contribution in [-0.2, 0) is 6.42 Å². The molecular weight excluding hydrogens is 308 g/mol. The van der Waals surface area contributed by atoms with Gasteiger partial charge < -0.3 is 0 Å². The molecule has 109 valence electrons. The maximum absolute atomic E-state index is 3.60. The molecule has 0 N–H and O–H groups in total. The van der Waals surface area contributed by atoms with Crippen molar-refractivity contribution in [3.8, 4) is 0 Å². The normalized spacial score (nSPS) is 24.9. The van der Waals surface area contributed by atoms with Gasteiger partial charge in [0, 0.05) is 4.47 Å². The van der Waals surface area contributed by atoms with Crippen molar-refractivity contribution in [3.63, 3.8) is 0 Å². The Kier molecular flexibility index (Phi) is 4.01. The van der Waals surface area contributed by atoms with Gasteiger partial charge in [-0.25, -0.2) is 0 Å². The fraction of sp³-hybridized carbons (Fsp3) is 0.632. The Morgan fingerprint density at radius 1 is 1.00 bits per heavy atom. The van der Waals surface area contributed by atoms with E-state index >= 15 is 0 Å². The van der Waals surface area contributed by atoms with Crippen LogP contribution in [0.2, 0.25) is 0 Å². The molecule has 0 heterocycles. The highest BCUT2D eigenvalue weighted by Crippen LogP contribution is 2.49. The SMILES string of the molecule is CC(C)(C)C1CC[C](C2CCc3cc(Br)ccc32)CC1. The summed E-state index contributed by atoms with van der Waals surface area (Å²) in [6.45, 7) is 7.22. The summed E-state index contributed by atoms with van der Waals surface area (Å²) in [5.74, 6) is 3.52. The van der Waals surface area contributed by atoms with E-state index in [1.165, 1.54) is 43.0 Å². The van der Waals surface area contributed by atoms with E-state index in [-0.39, 0.29) is 0 Å². The summed E-state index contributed by atoms with van der Waals surface area (Å²) in [6, 6.07) is 6.91. The smallest absolute Gasteiger partial charge is 0.0178 e. The molecular formula is C19H26Br. The van der Waals surface area contributed by atoms with Gasteiger partial charge >= 0.3 is 0 Å². The average molecular weight is 334 g/mol. The lowest BCUT2D eigenvalue weighted by atomic mass is 9.67. The van der Waals surface area contributed by atoms with E-state index in [4.69, 9.17) is 0 Å². The van der Waals surface area contributed by atoms with Gasteiger partial charge in [-0.1, -0.05) is 42.8 Å². The Hall–Kier alpha value is -0.300. The Morgan fingerprint density at radius 2 is 1.70 bits per heavy atom. The van der Waals surface area contributed by atoms with Crippen molar-refractivity contribution in [2.75, 3.05) is 0 Å². The van der Waals surface area contributed by atoms with E-state index in [0.29, 0.717) is 5.41 Å². The topological polar surface area (TPSA) is 0 Å². The molecule has 0 aromatic heterocycles. The minimum atomic E-state index is 0.490. The van der Waals surface area contributed by atoms with Crippen molar-refractivity contribution in [1.29, 1.82) is 0 Å². The molecule has 0 amide bonds. The van der Waals surface area contributed by atoms with Crippen molar-refractivity contribution in [3.05, 3.63) is 39.7 Å². The molecule has 1 heteroatoms. The molecule has 0 saturated heterocycles. The third-order valence-electron chi connectivity index (χ3n) is 5.53. The first-order valence-electron chi connectivity index (χ1n) is 8.08. The van der Waals surface area contributed by atoms with Gasteiger partial charge in [-0.2, -0.15) is 0 Å². The minimum absolute atomic E-state index is 0.490. The molecule has 1 radical (unpaired) electrons. The van der Waals surface area contributed by atoms with Gasteiger partial charge in [-0.15, -0.1) is 0 Å². The third kappa shape index (κ3) is 2.84. The van der Waals surface area contributed by atoms with Gasteiger partial charge in [0.25, 0.3) is 0 Å². The summed E-state index contributed by atoms with van der Waals surface area (Å²) in [7, 11) is 0. The quantitative estimate of drug-likeness (QED) is 0.566. The number of benzene rings is 1. The van der Waals surface area contributed by atoms with Crippen molar-refractivity contribution in [2.24, 2.45) is 11.3 Å². The van der Waals surface area contributed by atoms with Gasteiger partial charge in [-0.05, 0) is 85.0 Å². The van der Waals surface area contributed by atoms with Crippen LogP contribution in [0.4, 0.5) is 0 Å². The zero-order chi connectivity index (χ0) is 14.3. The van der Waals surface area contributed by atoms with Crippen LogP contribution in [0.5, 0.6) is 0 Å². The summed E-state index contributed by atoms with van der Waals surface area (Å²) < 4.78 is 1.23. The minimum Gasteiger partial charge on any atom is -0.0599 e. The van der Waals surface area contributed by atoms with Gasteiger partial charge in [0.2, 0.25) is 0 Å². The lowest BCUT2D eigenvalue weighted by molar-refractivity contribution is 0.182. The maximum atomic E-state index is 3.60. The maximum Gasteiger partial charge on any atom is 0.0178 e. The van der Waals surface area contributed by atoms with Crippen LogP contribution in [0.1, 0.15) is 69.9 Å². The zero-order valence-corrected chi connectivity index (χ0v) is 14.6. The second-order valence-electron chi connectivity index (χ2n) is 7.73. The zero-order valence-electron chi connectivity index (χ0n) is 13.0. The Bertz CT molecular complexity index is 475. The fourth-order valence-corrected chi connectivity index (χ4v) is 4.62. The Morgan fingerprint density at radius 3 is 2.35 bits per heavy atom. The highest BCUT2D eigenvalue weighted by molar-refractivity contribution is 9.10. The van der Waals surface area contributed by atoms with E-state index in [2.05, 4.69) is 54.9 Å². The standard InChI is InChI=1S/C19H26Br/c1-19(2,3)15-7-4-13(5-8-15)17-10-6-14-12-16(20)9-11-18(14)17/h9,11-12,15,17H,4-8,10H2,1-3H3. The number of halogens is 1. The van der Waals surface area contributed by atoms with Crippen LogP contribution in [0, 0.1) is 17.3 Å². The molecule has 0 nitrogen and oxygen atoms in total. The summed E-state index contributed by atoms with van der Waals surface area (Å²) in [5.41, 5.74) is 3.69. The highest BCUT2D eigenvalue weighted by Gasteiger charge is 2.35. The van der Waals surface area contributed by atoms with Crippen LogP contribution < -0.4 is 0 Å². The third-order valence-corrected chi connectivity index (χ3v) is 6.02. The molecule has 1 atom stereocenters. The molecule has 1 unspecified atom stereocenters. The van der Waals surface area contributed by atoms with Crippen LogP contribution in [0.15, 0.2) is 22.7 Å². The Balaban J connectivity index is 1.69. The van der Waals surface area contributed by atoms with Crippen molar-refractivity contribution < 1.29 is 0 Å². The van der Waals surface area contributed by atoms with Crippen LogP contribution >= 0.6 is 15.9 Å². The van der Waals surface area contributed by atoms with Crippen molar-refractivity contribution in [1.82, 2.24) is 0 Å². The number of rotatable bonds is 1. The van der Waals surface area contributed by atoms with Crippen LogP contribution in [-0.4, -0.2) is 0 Å². The molecule has 1 aromatic carbocycles. The molecule has 1 fully saturated rings. The number of hydrogen-bond acceptors (Lipinski definition) is 0. The molecule has 0 spiro atoms. The first-order valence-corrected chi connectivity index (χ1v) is 8.87. The molecule has 1 saturated carbocycles. The lowest BCUT2D eigenvalue weighted by Crippen LogP contribution is -2.26. The monoisotopic (exact) mass is 333 g/mol. The van der Waals surface area contributed by atoms with Crippen molar-refractivity contribution >= 4 is 15.9 Å². The summed E-state index contributed by atoms with van der Waals surface area (Å²) in [6.07, 6.45) is 8.15. The van der Waals surface area contributed by atoms with Crippen LogP contribution in [0.3, 0.4) is 0 Å². The summed E-state index contributed by atoms with van der Waals surface area (Å²) >= 11 is 3.60. The van der Waals surface area contributed by atoms with E-state index in [1.54, 1.807) is 11.1 Å². The molecule has 3 rings (SSSR count). The number of aryl methyl sites for hydroxylation is 1. The van der Waals surface area contributed by atoms with Gasteiger partial charge in [0.1, 0.15) is 0 Å². The van der Waals surface area contributed by atoms with Gasteiger partial charge in [0.15, 0.2) is 0 Å². The molecule has 0 aliphatic heterocycles. The van der Waals surface area contributed by atoms with Crippen molar-refractivity contribution in [2.45, 2.75) is 65.2 Å². The highest BCUT2D eigenvalue weighted by atomic mass is 79.9. The van der Waals surface area contributed by atoms with Gasteiger partial charge in [0.05, 0.1) is 0 Å². The van der Waals surface area contributed by atoms with E-state index in [0.717, 1.165) is 11.8 Å². The molecule has 20 heavy (non-hydrogen) atoms.